The number of nitrogens with one attached hydrogen (secondary N) is 3. The molecule has 0 bridgehead atoms. The molecule has 5 unspecified atom stereocenters. The van der Waals surface area contributed by atoms with Gasteiger partial charge in [-0.25, -0.2) is 4.79 Å². The maximum Gasteiger partial charge on any atom is 0.326 e. The van der Waals surface area contributed by atoms with Crippen LogP contribution in [0.15, 0.2) is 0 Å². The second-order valence-electron chi connectivity index (χ2n) is 7.71. The Morgan fingerprint density at radius 3 is 1.79 bits per heavy atom. The van der Waals surface area contributed by atoms with Gasteiger partial charge >= 0.3 is 11.9 Å². The molecule has 0 rings (SSSR count). The topological polar surface area (TPSA) is 274 Å². The van der Waals surface area contributed by atoms with Crippen molar-refractivity contribution in [1.29, 1.82) is 0 Å². The van der Waals surface area contributed by atoms with E-state index < -0.39 is 84.4 Å². The predicted molar refractivity (Wildman–Crippen MR) is 115 cm³/mol. The summed E-state index contributed by atoms with van der Waals surface area (Å²) in [7, 11) is 0. The van der Waals surface area contributed by atoms with E-state index in [9.17, 15) is 38.7 Å². The smallest absolute Gasteiger partial charge is 0.326 e. The van der Waals surface area contributed by atoms with Gasteiger partial charge in [-0.2, -0.15) is 0 Å². The molecule has 0 aliphatic carbocycles. The number of hydrogen-bond acceptors (Lipinski definition) is 8. The molecule has 5 amide bonds. The van der Waals surface area contributed by atoms with E-state index in [0.717, 1.165) is 0 Å². The van der Waals surface area contributed by atoms with Crippen molar-refractivity contribution in [2.75, 3.05) is 0 Å². The van der Waals surface area contributed by atoms with Crippen molar-refractivity contribution < 1.29 is 43.8 Å². The van der Waals surface area contributed by atoms with Crippen molar-refractivity contribution in [2.45, 2.75) is 70.1 Å². The molecule has 11 N–H and O–H groups in total. The van der Waals surface area contributed by atoms with Gasteiger partial charge in [0, 0.05) is 6.42 Å². The molecule has 0 radical (unpaired) electrons. The Hall–Kier alpha value is -3.75. The van der Waals surface area contributed by atoms with Gasteiger partial charge in [-0.15, -0.1) is 0 Å². The van der Waals surface area contributed by atoms with Gasteiger partial charge < -0.3 is 43.4 Å². The third-order valence-electron chi connectivity index (χ3n) is 4.86. The third-order valence-corrected chi connectivity index (χ3v) is 4.86. The number of aliphatic carboxylic acids is 2. The monoisotopic (exact) mass is 488 g/mol. The first-order chi connectivity index (χ1) is 15.7. The summed E-state index contributed by atoms with van der Waals surface area (Å²) in [4.78, 5) is 82.1. The highest BCUT2D eigenvalue weighted by Crippen LogP contribution is 2.10. The number of carboxylic acid groups (broad SMARTS) is 2. The molecule has 5 atom stereocenters. The van der Waals surface area contributed by atoms with Crippen LogP contribution in [0.5, 0.6) is 0 Å². The van der Waals surface area contributed by atoms with E-state index in [1.165, 1.54) is 0 Å². The first-order valence-corrected chi connectivity index (χ1v) is 10.4. The number of amides is 5. The van der Waals surface area contributed by atoms with Crippen LogP contribution in [-0.2, 0) is 33.6 Å². The summed E-state index contributed by atoms with van der Waals surface area (Å²) in [5, 5.41) is 25.0. The number of primary amides is 2. The minimum absolute atomic E-state index is 0.285. The summed E-state index contributed by atoms with van der Waals surface area (Å²) < 4.78 is 0. The Morgan fingerprint density at radius 1 is 0.794 bits per heavy atom. The quantitative estimate of drug-likeness (QED) is 0.106. The summed E-state index contributed by atoms with van der Waals surface area (Å²) in [6.07, 6.45) is -1.65. The number of rotatable bonds is 16. The molecule has 0 saturated heterocycles. The minimum atomic E-state index is -1.66. The van der Waals surface area contributed by atoms with Gasteiger partial charge in [-0.3, -0.25) is 28.8 Å². The lowest BCUT2D eigenvalue weighted by Crippen LogP contribution is -2.59. The van der Waals surface area contributed by atoms with Crippen molar-refractivity contribution in [3.8, 4) is 0 Å². The minimum Gasteiger partial charge on any atom is -0.481 e. The van der Waals surface area contributed by atoms with Gasteiger partial charge in [0.05, 0.1) is 18.9 Å². The summed E-state index contributed by atoms with van der Waals surface area (Å²) >= 11 is 0. The average Bonchev–Trinajstić information content (AvgIpc) is 2.72. The molecular formula is C19H32N6O9. The van der Waals surface area contributed by atoms with Crippen LogP contribution >= 0.6 is 0 Å². The zero-order chi connectivity index (χ0) is 26.6. The summed E-state index contributed by atoms with van der Waals surface area (Å²) in [5.41, 5.74) is 15.5. The zero-order valence-corrected chi connectivity index (χ0v) is 18.9. The zero-order valence-electron chi connectivity index (χ0n) is 18.9. The maximum atomic E-state index is 12.8. The van der Waals surface area contributed by atoms with Gasteiger partial charge in [-0.05, 0) is 12.3 Å². The number of hydrogen-bond donors (Lipinski definition) is 8. The summed E-state index contributed by atoms with van der Waals surface area (Å²) in [5.74, 6) is -8.03. The molecule has 0 heterocycles. The molecule has 0 aromatic heterocycles. The molecular weight excluding hydrogens is 456 g/mol. The van der Waals surface area contributed by atoms with Crippen LogP contribution < -0.4 is 33.2 Å². The summed E-state index contributed by atoms with van der Waals surface area (Å²) in [6.45, 7) is 3.27. The van der Waals surface area contributed by atoms with Gasteiger partial charge in [0.15, 0.2) is 0 Å². The highest BCUT2D eigenvalue weighted by Gasteiger charge is 2.33. The fraction of sp³-hybridized carbons (Fsp3) is 0.632. The molecule has 15 heteroatoms. The number of carbonyl (C=O) groups is 7. The normalized spacial score (nSPS) is 15.0. The van der Waals surface area contributed by atoms with E-state index in [2.05, 4.69) is 16.0 Å². The molecule has 15 nitrogen and oxygen atoms in total. The third kappa shape index (κ3) is 11.2. The maximum absolute atomic E-state index is 12.8. The van der Waals surface area contributed by atoms with Crippen LogP contribution in [-0.4, -0.2) is 75.9 Å². The van der Waals surface area contributed by atoms with Gasteiger partial charge in [0.1, 0.15) is 18.1 Å². The molecule has 0 aromatic rings. The molecule has 0 fully saturated rings. The van der Waals surface area contributed by atoms with Gasteiger partial charge in [0.25, 0.3) is 0 Å². The van der Waals surface area contributed by atoms with Crippen LogP contribution in [0.25, 0.3) is 0 Å². The molecule has 0 aliphatic rings. The Kier molecular flexibility index (Phi) is 12.8. The Labute approximate surface area is 195 Å². The lowest BCUT2D eigenvalue weighted by atomic mass is 9.97. The fourth-order valence-corrected chi connectivity index (χ4v) is 2.73. The second kappa shape index (κ2) is 14.4. The van der Waals surface area contributed by atoms with E-state index in [0.29, 0.717) is 6.42 Å². The van der Waals surface area contributed by atoms with Gasteiger partial charge in [0.2, 0.25) is 29.5 Å². The Balaban J connectivity index is 5.59. The SMILES string of the molecule is CCC(C)C(NC(=O)C(CC(=O)O)NC(=O)C(N)CC(N)=O)C(=O)NC(CCC(N)=O)C(=O)O. The predicted octanol–water partition coefficient (Wildman–Crippen LogP) is -3.49. The molecule has 0 spiro atoms. The van der Waals surface area contributed by atoms with Crippen molar-refractivity contribution in [1.82, 2.24) is 16.0 Å². The van der Waals surface area contributed by atoms with Crippen LogP contribution in [0.4, 0.5) is 0 Å². The lowest BCUT2D eigenvalue weighted by molar-refractivity contribution is -0.144. The highest BCUT2D eigenvalue weighted by atomic mass is 16.4. The Morgan fingerprint density at radius 2 is 1.35 bits per heavy atom. The van der Waals surface area contributed by atoms with Crippen molar-refractivity contribution in [2.24, 2.45) is 23.1 Å². The molecule has 0 aliphatic heterocycles. The first-order valence-electron chi connectivity index (χ1n) is 10.4. The van der Waals surface area contributed by atoms with Crippen LogP contribution in [0.2, 0.25) is 0 Å². The number of carbonyl (C=O) groups excluding carboxylic acids is 5. The van der Waals surface area contributed by atoms with Gasteiger partial charge in [-0.1, -0.05) is 20.3 Å². The van der Waals surface area contributed by atoms with E-state index in [1.807, 2.05) is 0 Å². The van der Waals surface area contributed by atoms with E-state index in [4.69, 9.17) is 22.3 Å². The molecule has 34 heavy (non-hydrogen) atoms. The van der Waals surface area contributed by atoms with E-state index in [-0.39, 0.29) is 12.8 Å². The van der Waals surface area contributed by atoms with Crippen LogP contribution in [0.3, 0.4) is 0 Å². The average molecular weight is 488 g/mol. The van der Waals surface area contributed by atoms with Crippen molar-refractivity contribution in [3.05, 3.63) is 0 Å². The first kappa shape index (κ1) is 30.2. The summed E-state index contributed by atoms with van der Waals surface area (Å²) in [6, 6.07) is -5.87. The molecule has 192 valence electrons. The number of carboxylic acids is 2. The largest absolute Gasteiger partial charge is 0.481 e. The van der Waals surface area contributed by atoms with Crippen molar-refractivity contribution in [3.63, 3.8) is 0 Å². The fourth-order valence-electron chi connectivity index (χ4n) is 2.73. The second-order valence-corrected chi connectivity index (χ2v) is 7.71. The number of nitrogens with two attached hydrogens (primary N) is 3. The Bertz CT molecular complexity index is 803. The van der Waals surface area contributed by atoms with Crippen LogP contribution in [0.1, 0.15) is 46.0 Å². The van der Waals surface area contributed by atoms with E-state index >= 15 is 0 Å². The van der Waals surface area contributed by atoms with Crippen molar-refractivity contribution >= 4 is 41.5 Å². The van der Waals surface area contributed by atoms with E-state index in [1.54, 1.807) is 13.8 Å². The molecule has 0 saturated carbocycles. The standard InChI is InChI=1S/C19H32N6O9/c1-3-8(2)15(18(32)23-10(19(33)34)4-5-12(21)26)25-17(31)11(7-14(28)29)24-16(30)9(20)6-13(22)27/h8-11,15H,3-7,20H2,1-2H3,(H2,21,26)(H2,22,27)(H,23,32)(H,24,30)(H,25,31)(H,28,29)(H,33,34). The molecule has 0 aromatic carbocycles. The van der Waals surface area contributed by atoms with Crippen LogP contribution in [0, 0.1) is 5.92 Å². The lowest BCUT2D eigenvalue weighted by Gasteiger charge is -2.27. The highest BCUT2D eigenvalue weighted by molar-refractivity contribution is 5.96.